The maximum Gasteiger partial charge on any atom is 0.226 e. The van der Waals surface area contributed by atoms with Gasteiger partial charge in [-0.25, -0.2) is 0 Å². The SMILES string of the molecule is CCCN(CC1CCCCN1)C(=O)C1CC=CCC1. The highest BCUT2D eigenvalue weighted by molar-refractivity contribution is 5.79. The first kappa shape index (κ1) is 14.6. The number of carbonyl (C=O) groups excluding carboxylic acids is 1. The third kappa shape index (κ3) is 4.34. The maximum atomic E-state index is 12.6. The van der Waals surface area contributed by atoms with Crippen LogP contribution in [-0.4, -0.2) is 36.5 Å². The highest BCUT2D eigenvalue weighted by Crippen LogP contribution is 2.21. The van der Waals surface area contributed by atoms with Gasteiger partial charge in [-0.1, -0.05) is 25.5 Å². The van der Waals surface area contributed by atoms with Crippen molar-refractivity contribution >= 4 is 5.91 Å². The second-order valence-electron chi connectivity index (χ2n) is 5.91. The molecule has 0 aromatic rings. The molecule has 0 radical (unpaired) electrons. The standard InChI is InChI=1S/C16H28N2O/c1-2-12-18(13-15-10-6-7-11-17-15)16(19)14-8-4-3-5-9-14/h3-4,14-15,17H,2,5-13H2,1H3. The lowest BCUT2D eigenvalue weighted by atomic mass is 9.92. The first-order chi connectivity index (χ1) is 9.31. The van der Waals surface area contributed by atoms with Crippen LogP contribution in [0.4, 0.5) is 0 Å². The molecule has 19 heavy (non-hydrogen) atoms. The van der Waals surface area contributed by atoms with Gasteiger partial charge in [0.05, 0.1) is 0 Å². The summed E-state index contributed by atoms with van der Waals surface area (Å²) in [4.78, 5) is 14.7. The third-order valence-corrected chi connectivity index (χ3v) is 4.28. The monoisotopic (exact) mass is 264 g/mol. The van der Waals surface area contributed by atoms with E-state index in [-0.39, 0.29) is 5.92 Å². The highest BCUT2D eigenvalue weighted by atomic mass is 16.2. The number of rotatable bonds is 5. The van der Waals surface area contributed by atoms with Gasteiger partial charge in [0.15, 0.2) is 0 Å². The summed E-state index contributed by atoms with van der Waals surface area (Å²) in [6.45, 7) is 5.10. The summed E-state index contributed by atoms with van der Waals surface area (Å²) in [7, 11) is 0. The molecule has 1 saturated heterocycles. The minimum atomic E-state index is 0.236. The summed E-state index contributed by atoms with van der Waals surface area (Å²) < 4.78 is 0. The predicted molar refractivity (Wildman–Crippen MR) is 79.0 cm³/mol. The third-order valence-electron chi connectivity index (χ3n) is 4.28. The largest absolute Gasteiger partial charge is 0.341 e. The van der Waals surface area contributed by atoms with Crippen molar-refractivity contribution in [3.63, 3.8) is 0 Å². The molecule has 1 heterocycles. The van der Waals surface area contributed by atoms with E-state index in [1.807, 2.05) is 0 Å². The van der Waals surface area contributed by atoms with Crippen LogP contribution in [0.5, 0.6) is 0 Å². The lowest BCUT2D eigenvalue weighted by Crippen LogP contribution is -2.47. The van der Waals surface area contributed by atoms with E-state index in [1.165, 1.54) is 19.3 Å². The average molecular weight is 264 g/mol. The van der Waals surface area contributed by atoms with Gasteiger partial charge in [0.25, 0.3) is 0 Å². The number of allylic oxidation sites excluding steroid dienone is 2. The summed E-state index contributed by atoms with van der Waals surface area (Å²) in [5.74, 6) is 0.624. The highest BCUT2D eigenvalue weighted by Gasteiger charge is 2.26. The molecule has 0 aromatic carbocycles. The zero-order valence-corrected chi connectivity index (χ0v) is 12.2. The Labute approximate surface area is 117 Å². The number of amides is 1. The summed E-state index contributed by atoms with van der Waals surface area (Å²) in [5.41, 5.74) is 0. The number of hydrogen-bond donors (Lipinski definition) is 1. The zero-order chi connectivity index (χ0) is 13.5. The Morgan fingerprint density at radius 1 is 1.32 bits per heavy atom. The summed E-state index contributed by atoms with van der Waals surface area (Å²) in [6, 6.07) is 0.517. The quantitative estimate of drug-likeness (QED) is 0.774. The minimum absolute atomic E-state index is 0.236. The molecule has 108 valence electrons. The molecule has 2 rings (SSSR count). The van der Waals surface area contributed by atoms with Gasteiger partial charge >= 0.3 is 0 Å². The normalized spacial score (nSPS) is 27.2. The Balaban J connectivity index is 1.89. The molecule has 3 heteroatoms. The molecule has 1 aliphatic heterocycles. The van der Waals surface area contributed by atoms with E-state index in [0.29, 0.717) is 11.9 Å². The minimum Gasteiger partial charge on any atom is -0.341 e. The molecule has 1 amide bonds. The van der Waals surface area contributed by atoms with Crippen LogP contribution in [0.15, 0.2) is 12.2 Å². The van der Waals surface area contributed by atoms with E-state index < -0.39 is 0 Å². The predicted octanol–water partition coefficient (Wildman–Crippen LogP) is 2.72. The molecule has 1 N–H and O–H groups in total. The number of piperidine rings is 1. The van der Waals surface area contributed by atoms with E-state index in [0.717, 1.165) is 45.3 Å². The van der Waals surface area contributed by atoms with E-state index >= 15 is 0 Å². The fourth-order valence-corrected chi connectivity index (χ4v) is 3.18. The van der Waals surface area contributed by atoms with Crippen LogP contribution < -0.4 is 5.32 Å². The Kier molecular flexibility index (Phi) is 5.90. The average Bonchev–Trinajstić information content (AvgIpc) is 2.48. The topological polar surface area (TPSA) is 32.3 Å². The molecule has 0 spiro atoms. The molecule has 1 aliphatic carbocycles. The van der Waals surface area contributed by atoms with Crippen molar-refractivity contribution < 1.29 is 4.79 Å². The molecule has 2 atom stereocenters. The Morgan fingerprint density at radius 2 is 2.21 bits per heavy atom. The van der Waals surface area contributed by atoms with Gasteiger partial charge < -0.3 is 10.2 Å². The molecule has 0 bridgehead atoms. The maximum absolute atomic E-state index is 12.6. The molecular weight excluding hydrogens is 236 g/mol. The van der Waals surface area contributed by atoms with Gasteiger partial charge in [-0.3, -0.25) is 4.79 Å². The molecular formula is C16H28N2O. The Bertz CT molecular complexity index is 308. The number of hydrogen-bond acceptors (Lipinski definition) is 2. The van der Waals surface area contributed by atoms with Crippen LogP contribution in [0.1, 0.15) is 51.9 Å². The second kappa shape index (κ2) is 7.68. The van der Waals surface area contributed by atoms with Crippen molar-refractivity contribution in [3.05, 3.63) is 12.2 Å². The van der Waals surface area contributed by atoms with Crippen LogP contribution >= 0.6 is 0 Å². The van der Waals surface area contributed by atoms with Gasteiger partial charge in [-0.05, 0) is 45.1 Å². The second-order valence-corrected chi connectivity index (χ2v) is 5.91. The summed E-state index contributed by atoms with van der Waals surface area (Å²) >= 11 is 0. The van der Waals surface area contributed by atoms with Crippen LogP contribution in [0.2, 0.25) is 0 Å². The zero-order valence-electron chi connectivity index (χ0n) is 12.2. The van der Waals surface area contributed by atoms with Crippen LogP contribution in [0.3, 0.4) is 0 Å². The van der Waals surface area contributed by atoms with Crippen LogP contribution in [0, 0.1) is 5.92 Å². The summed E-state index contributed by atoms with van der Waals surface area (Å²) in [6.07, 6.45) is 12.3. The molecule has 1 fully saturated rings. The lowest BCUT2D eigenvalue weighted by Gasteiger charge is -2.33. The van der Waals surface area contributed by atoms with Gasteiger partial charge in [0, 0.05) is 25.0 Å². The van der Waals surface area contributed by atoms with Gasteiger partial charge in [0.1, 0.15) is 0 Å². The Morgan fingerprint density at radius 3 is 2.84 bits per heavy atom. The molecule has 2 unspecified atom stereocenters. The van der Waals surface area contributed by atoms with Crippen molar-refractivity contribution in [2.24, 2.45) is 5.92 Å². The van der Waals surface area contributed by atoms with Crippen LogP contribution in [0.25, 0.3) is 0 Å². The fraction of sp³-hybridized carbons (Fsp3) is 0.812. The Hall–Kier alpha value is -0.830. The molecule has 3 nitrogen and oxygen atoms in total. The van der Waals surface area contributed by atoms with Crippen molar-refractivity contribution in [2.75, 3.05) is 19.6 Å². The van der Waals surface area contributed by atoms with E-state index in [9.17, 15) is 4.79 Å². The molecule has 0 aromatic heterocycles. The molecule has 2 aliphatic rings. The number of carbonyl (C=O) groups is 1. The van der Waals surface area contributed by atoms with Crippen molar-refractivity contribution in [2.45, 2.75) is 57.9 Å². The van der Waals surface area contributed by atoms with E-state index in [2.05, 4.69) is 29.3 Å². The van der Waals surface area contributed by atoms with Gasteiger partial charge in [-0.15, -0.1) is 0 Å². The first-order valence-electron chi connectivity index (χ1n) is 7.98. The summed E-state index contributed by atoms with van der Waals surface area (Å²) in [5, 5.41) is 3.56. The fourth-order valence-electron chi connectivity index (χ4n) is 3.18. The van der Waals surface area contributed by atoms with Crippen molar-refractivity contribution in [1.29, 1.82) is 0 Å². The smallest absolute Gasteiger partial charge is 0.226 e. The van der Waals surface area contributed by atoms with E-state index in [4.69, 9.17) is 0 Å². The van der Waals surface area contributed by atoms with E-state index in [1.54, 1.807) is 0 Å². The van der Waals surface area contributed by atoms with Gasteiger partial charge in [-0.2, -0.15) is 0 Å². The number of nitrogens with zero attached hydrogens (tertiary/aromatic N) is 1. The van der Waals surface area contributed by atoms with Crippen LogP contribution in [-0.2, 0) is 4.79 Å². The van der Waals surface area contributed by atoms with Crippen molar-refractivity contribution in [3.8, 4) is 0 Å². The lowest BCUT2D eigenvalue weighted by molar-refractivity contribution is -0.136. The van der Waals surface area contributed by atoms with Gasteiger partial charge in [0.2, 0.25) is 5.91 Å². The molecule has 0 saturated carbocycles. The first-order valence-corrected chi connectivity index (χ1v) is 7.98. The van der Waals surface area contributed by atoms with Crippen molar-refractivity contribution in [1.82, 2.24) is 10.2 Å². The number of nitrogens with one attached hydrogen (secondary N) is 1.